The van der Waals surface area contributed by atoms with Crippen molar-refractivity contribution in [2.45, 2.75) is 6.04 Å². The summed E-state index contributed by atoms with van der Waals surface area (Å²) in [4.78, 5) is 23.8. The van der Waals surface area contributed by atoms with E-state index in [1.54, 1.807) is 35.9 Å². The number of aliphatic hydroxyl groups is 1. The van der Waals surface area contributed by atoms with Crippen molar-refractivity contribution in [1.29, 1.82) is 0 Å². The van der Waals surface area contributed by atoms with Gasteiger partial charge < -0.3 is 19.7 Å². The summed E-state index contributed by atoms with van der Waals surface area (Å²) in [6, 6.07) is 7.18. The Kier molecular flexibility index (Phi) is 6.39. The van der Waals surface area contributed by atoms with Gasteiger partial charge in [-0.25, -0.2) is 0 Å². The molecule has 6 nitrogen and oxygen atoms in total. The second-order valence-electron chi connectivity index (χ2n) is 6.34. The van der Waals surface area contributed by atoms with Gasteiger partial charge in [-0.15, -0.1) is 0 Å². The Balaban J connectivity index is 1.97. The molecule has 1 aromatic heterocycles. The van der Waals surface area contributed by atoms with Crippen LogP contribution in [-0.4, -0.2) is 35.6 Å². The third-order valence-corrected chi connectivity index (χ3v) is 5.86. The highest BCUT2D eigenvalue weighted by atomic mass is 35.5. The lowest BCUT2D eigenvalue weighted by Gasteiger charge is -2.18. The van der Waals surface area contributed by atoms with Crippen LogP contribution >= 0.6 is 34.8 Å². The maximum atomic E-state index is 12.9. The van der Waals surface area contributed by atoms with Crippen LogP contribution in [0.1, 0.15) is 32.5 Å². The number of aldehydes is 1. The average Bonchev–Trinajstić information content (AvgIpc) is 3.05. The first-order valence-electron chi connectivity index (χ1n) is 8.50. The topological polar surface area (TPSA) is 80.6 Å². The number of rotatable bonds is 6. The predicted octanol–water partition coefficient (Wildman–Crippen LogP) is 4.42. The first-order chi connectivity index (χ1) is 13.8. The maximum absolute atomic E-state index is 12.9. The number of halogens is 3. The first-order valence-corrected chi connectivity index (χ1v) is 9.63. The van der Waals surface area contributed by atoms with E-state index in [0.29, 0.717) is 39.8 Å². The molecule has 9 heteroatoms. The number of aliphatic hydroxyl groups excluding tert-OH is 1. The standard InChI is InChI=1S/C20H17Cl3N2O4/c1-25-15-7-17(29-2)19(23)18(22)12(15)6-16(25)20(28)24-14(9-27)11-4-3-10(8-26)5-13(11)21/h3-8,14,27H,9H2,1-2H3,(H,24,28). The van der Waals surface area contributed by atoms with E-state index < -0.39 is 11.9 Å². The van der Waals surface area contributed by atoms with Gasteiger partial charge in [0, 0.05) is 29.1 Å². The Morgan fingerprint density at radius 3 is 2.55 bits per heavy atom. The van der Waals surface area contributed by atoms with E-state index in [1.807, 2.05) is 0 Å². The number of hydrogen-bond acceptors (Lipinski definition) is 4. The third-order valence-electron chi connectivity index (χ3n) is 4.67. The lowest BCUT2D eigenvalue weighted by molar-refractivity contribution is 0.0908. The van der Waals surface area contributed by atoms with Crippen molar-refractivity contribution in [3.8, 4) is 5.75 Å². The smallest absolute Gasteiger partial charge is 0.268 e. The minimum atomic E-state index is -0.762. The van der Waals surface area contributed by atoms with Crippen molar-refractivity contribution >= 4 is 57.9 Å². The molecule has 1 amide bonds. The third kappa shape index (κ3) is 3.94. The number of benzene rings is 2. The number of nitrogens with zero attached hydrogens (tertiary/aromatic N) is 1. The SMILES string of the molecule is COc1cc2c(cc(C(=O)NC(CO)c3ccc(C=O)cc3Cl)n2C)c(Cl)c1Cl. The Morgan fingerprint density at radius 2 is 1.97 bits per heavy atom. The van der Waals surface area contributed by atoms with E-state index in [1.165, 1.54) is 13.2 Å². The lowest BCUT2D eigenvalue weighted by Crippen LogP contribution is -2.32. The number of carbonyl (C=O) groups excluding carboxylic acids is 2. The van der Waals surface area contributed by atoms with Gasteiger partial charge in [0.2, 0.25) is 0 Å². The van der Waals surface area contributed by atoms with Crippen molar-refractivity contribution in [1.82, 2.24) is 9.88 Å². The van der Waals surface area contributed by atoms with Gasteiger partial charge in [-0.2, -0.15) is 0 Å². The van der Waals surface area contributed by atoms with Crippen molar-refractivity contribution in [2.24, 2.45) is 7.05 Å². The number of hydrogen-bond donors (Lipinski definition) is 2. The second kappa shape index (κ2) is 8.63. The maximum Gasteiger partial charge on any atom is 0.268 e. The fourth-order valence-electron chi connectivity index (χ4n) is 3.10. The molecule has 1 heterocycles. The molecule has 0 radical (unpaired) electrons. The monoisotopic (exact) mass is 454 g/mol. The quantitative estimate of drug-likeness (QED) is 0.539. The number of aryl methyl sites for hydroxylation is 1. The van der Waals surface area contributed by atoms with Crippen LogP contribution < -0.4 is 10.1 Å². The van der Waals surface area contributed by atoms with Gasteiger partial charge in [0.15, 0.2) is 0 Å². The Morgan fingerprint density at radius 1 is 1.24 bits per heavy atom. The highest BCUT2D eigenvalue weighted by Crippen LogP contribution is 2.39. The Bertz CT molecular complexity index is 1110. The van der Waals surface area contributed by atoms with Gasteiger partial charge in [0.25, 0.3) is 5.91 Å². The minimum absolute atomic E-state index is 0.259. The molecule has 0 saturated heterocycles. The summed E-state index contributed by atoms with van der Waals surface area (Å²) in [5.74, 6) is -0.0444. The van der Waals surface area contributed by atoms with E-state index in [9.17, 15) is 14.7 Å². The largest absolute Gasteiger partial charge is 0.495 e. The van der Waals surface area contributed by atoms with E-state index in [4.69, 9.17) is 39.5 Å². The molecule has 0 aliphatic heterocycles. The molecular weight excluding hydrogens is 439 g/mol. The summed E-state index contributed by atoms with van der Waals surface area (Å²) < 4.78 is 6.88. The van der Waals surface area contributed by atoms with Gasteiger partial charge in [-0.3, -0.25) is 9.59 Å². The predicted molar refractivity (Wildman–Crippen MR) is 114 cm³/mol. The number of carbonyl (C=O) groups is 2. The molecule has 1 unspecified atom stereocenters. The molecule has 3 rings (SSSR count). The zero-order chi connectivity index (χ0) is 21.3. The van der Waals surface area contributed by atoms with E-state index in [2.05, 4.69) is 5.32 Å². The summed E-state index contributed by atoms with van der Waals surface area (Å²) in [5, 5.41) is 13.9. The molecule has 0 spiro atoms. The average molecular weight is 456 g/mol. The number of fused-ring (bicyclic) bond motifs is 1. The Hall–Kier alpha value is -2.25. The molecule has 2 N–H and O–H groups in total. The van der Waals surface area contributed by atoms with Crippen LogP contribution in [0.15, 0.2) is 30.3 Å². The van der Waals surface area contributed by atoms with Gasteiger partial charge in [0.05, 0.1) is 30.3 Å². The number of methoxy groups -OCH3 is 1. The molecule has 0 fully saturated rings. The van der Waals surface area contributed by atoms with Gasteiger partial charge >= 0.3 is 0 Å². The normalized spacial score (nSPS) is 12.1. The Labute approximate surface area is 181 Å². The molecule has 152 valence electrons. The van der Waals surface area contributed by atoms with Gasteiger partial charge in [-0.1, -0.05) is 46.9 Å². The molecule has 3 aromatic rings. The van der Waals surface area contributed by atoms with Crippen LogP contribution in [0.4, 0.5) is 0 Å². The molecule has 0 bridgehead atoms. The van der Waals surface area contributed by atoms with Crippen molar-refractivity contribution in [2.75, 3.05) is 13.7 Å². The molecule has 0 aliphatic carbocycles. The molecule has 0 saturated carbocycles. The van der Waals surface area contributed by atoms with Crippen molar-refractivity contribution < 1.29 is 19.4 Å². The van der Waals surface area contributed by atoms with Crippen molar-refractivity contribution in [3.63, 3.8) is 0 Å². The van der Waals surface area contributed by atoms with Crippen LogP contribution in [0, 0.1) is 0 Å². The fourth-order valence-corrected chi connectivity index (χ4v) is 3.90. The van der Waals surface area contributed by atoms with Gasteiger partial charge in [-0.05, 0) is 17.7 Å². The van der Waals surface area contributed by atoms with Crippen LogP contribution in [0.2, 0.25) is 15.1 Å². The van der Waals surface area contributed by atoms with Crippen LogP contribution in [0.3, 0.4) is 0 Å². The zero-order valence-corrected chi connectivity index (χ0v) is 17.8. The highest BCUT2D eigenvalue weighted by Gasteiger charge is 2.22. The molecule has 1 atom stereocenters. The second-order valence-corrected chi connectivity index (χ2v) is 7.50. The summed E-state index contributed by atoms with van der Waals surface area (Å²) in [7, 11) is 3.19. The van der Waals surface area contributed by atoms with Gasteiger partial charge in [0.1, 0.15) is 22.8 Å². The first kappa shape index (κ1) is 21.5. The van der Waals surface area contributed by atoms with Crippen LogP contribution in [0.5, 0.6) is 5.75 Å². The summed E-state index contributed by atoms with van der Waals surface area (Å²) in [6.45, 7) is -0.379. The highest BCUT2D eigenvalue weighted by molar-refractivity contribution is 6.46. The molecule has 0 aliphatic rings. The van der Waals surface area contributed by atoms with E-state index in [-0.39, 0.29) is 21.7 Å². The summed E-state index contributed by atoms with van der Waals surface area (Å²) >= 11 is 18.7. The fraction of sp³-hybridized carbons (Fsp3) is 0.200. The van der Waals surface area contributed by atoms with E-state index >= 15 is 0 Å². The zero-order valence-electron chi connectivity index (χ0n) is 15.5. The number of nitrogens with one attached hydrogen (secondary N) is 1. The lowest BCUT2D eigenvalue weighted by atomic mass is 10.1. The van der Waals surface area contributed by atoms with E-state index in [0.717, 1.165) is 0 Å². The molecular formula is C20H17Cl3N2O4. The number of aromatic nitrogens is 1. The number of ether oxygens (including phenoxy) is 1. The van der Waals surface area contributed by atoms with Crippen LogP contribution in [-0.2, 0) is 7.05 Å². The molecule has 2 aromatic carbocycles. The summed E-state index contributed by atoms with van der Waals surface area (Å²) in [6.07, 6.45) is 0.668. The molecule has 29 heavy (non-hydrogen) atoms. The minimum Gasteiger partial charge on any atom is -0.495 e. The summed E-state index contributed by atoms with van der Waals surface area (Å²) in [5.41, 5.74) is 1.87. The number of amides is 1. The van der Waals surface area contributed by atoms with Crippen molar-refractivity contribution in [3.05, 3.63) is 62.2 Å². The van der Waals surface area contributed by atoms with Crippen LogP contribution in [0.25, 0.3) is 10.9 Å².